The van der Waals surface area contributed by atoms with Crippen molar-refractivity contribution in [2.75, 3.05) is 7.11 Å². The minimum Gasteiger partial charge on any atom is -0.495 e. The van der Waals surface area contributed by atoms with Crippen molar-refractivity contribution < 1.29 is 14.6 Å². The standard InChI is InChI=1S/C12H13NO3/c1-6-7(2)13-9-5-4-8(12(14)15)11(16-3)10(6)9/h4-5,13H,1-3H3,(H,14,15). The van der Waals surface area contributed by atoms with Crippen LogP contribution in [0.5, 0.6) is 5.75 Å². The van der Waals surface area contributed by atoms with Crippen molar-refractivity contribution in [2.45, 2.75) is 13.8 Å². The fourth-order valence-electron chi connectivity index (χ4n) is 1.92. The summed E-state index contributed by atoms with van der Waals surface area (Å²) in [6.45, 7) is 3.90. The Balaban J connectivity index is 2.89. The number of carboxylic acid groups (broad SMARTS) is 1. The van der Waals surface area contributed by atoms with E-state index in [0.717, 1.165) is 22.2 Å². The predicted octanol–water partition coefficient (Wildman–Crippen LogP) is 2.49. The maximum absolute atomic E-state index is 11.1. The van der Waals surface area contributed by atoms with Gasteiger partial charge < -0.3 is 14.8 Å². The Morgan fingerprint density at radius 3 is 2.62 bits per heavy atom. The number of H-pyrrole nitrogens is 1. The van der Waals surface area contributed by atoms with Gasteiger partial charge in [-0.1, -0.05) is 0 Å². The lowest BCUT2D eigenvalue weighted by Gasteiger charge is -2.06. The summed E-state index contributed by atoms with van der Waals surface area (Å²) in [6.07, 6.45) is 0. The Morgan fingerprint density at radius 2 is 2.06 bits per heavy atom. The number of aryl methyl sites for hydroxylation is 2. The Morgan fingerprint density at radius 1 is 1.38 bits per heavy atom. The number of benzene rings is 1. The van der Waals surface area contributed by atoms with Gasteiger partial charge in [-0.15, -0.1) is 0 Å². The Hall–Kier alpha value is -1.97. The number of nitrogens with one attached hydrogen (secondary N) is 1. The van der Waals surface area contributed by atoms with Crippen LogP contribution in [0.4, 0.5) is 0 Å². The maximum Gasteiger partial charge on any atom is 0.339 e. The number of methoxy groups -OCH3 is 1. The second-order valence-corrected chi connectivity index (χ2v) is 3.75. The minimum absolute atomic E-state index is 0.192. The van der Waals surface area contributed by atoms with E-state index in [1.54, 1.807) is 12.1 Å². The van der Waals surface area contributed by atoms with Gasteiger partial charge in [-0.05, 0) is 31.5 Å². The first-order chi connectivity index (χ1) is 7.56. The van der Waals surface area contributed by atoms with Gasteiger partial charge in [0, 0.05) is 16.6 Å². The third kappa shape index (κ3) is 1.34. The molecule has 0 unspecified atom stereocenters. The molecule has 0 aliphatic heterocycles. The fourth-order valence-corrected chi connectivity index (χ4v) is 1.92. The van der Waals surface area contributed by atoms with Gasteiger partial charge in [0.15, 0.2) is 0 Å². The molecule has 2 aromatic rings. The first-order valence-corrected chi connectivity index (χ1v) is 4.95. The van der Waals surface area contributed by atoms with Gasteiger partial charge in [0.2, 0.25) is 0 Å². The second-order valence-electron chi connectivity index (χ2n) is 3.75. The molecule has 0 aliphatic carbocycles. The molecule has 0 atom stereocenters. The van der Waals surface area contributed by atoms with Crippen LogP contribution in [0.1, 0.15) is 21.6 Å². The SMILES string of the molecule is COc1c(C(=O)O)ccc2[nH]c(C)c(C)c12. The van der Waals surface area contributed by atoms with E-state index >= 15 is 0 Å². The van der Waals surface area contributed by atoms with E-state index in [2.05, 4.69) is 4.98 Å². The molecule has 0 saturated carbocycles. The van der Waals surface area contributed by atoms with Crippen LogP contribution < -0.4 is 4.74 Å². The molecule has 4 heteroatoms. The van der Waals surface area contributed by atoms with Crippen LogP contribution in [0.3, 0.4) is 0 Å². The molecular weight excluding hydrogens is 206 g/mol. The van der Waals surface area contributed by atoms with Crippen LogP contribution in [-0.4, -0.2) is 23.2 Å². The summed E-state index contributed by atoms with van der Waals surface area (Å²) in [7, 11) is 1.49. The smallest absolute Gasteiger partial charge is 0.339 e. The van der Waals surface area contributed by atoms with E-state index in [0.29, 0.717) is 5.75 Å². The van der Waals surface area contributed by atoms with E-state index in [9.17, 15) is 4.79 Å². The molecule has 1 aromatic carbocycles. The zero-order valence-corrected chi connectivity index (χ0v) is 9.42. The van der Waals surface area contributed by atoms with Crippen molar-refractivity contribution in [1.82, 2.24) is 4.98 Å². The number of fused-ring (bicyclic) bond motifs is 1. The molecule has 0 spiro atoms. The lowest BCUT2D eigenvalue weighted by atomic mass is 10.1. The van der Waals surface area contributed by atoms with Gasteiger partial charge in [-0.2, -0.15) is 0 Å². The van der Waals surface area contributed by atoms with E-state index in [1.165, 1.54) is 7.11 Å². The minimum atomic E-state index is -0.975. The summed E-state index contributed by atoms with van der Waals surface area (Å²) in [4.78, 5) is 14.2. The molecule has 4 nitrogen and oxygen atoms in total. The number of hydrogen-bond acceptors (Lipinski definition) is 2. The molecule has 84 valence electrons. The van der Waals surface area contributed by atoms with Crippen molar-refractivity contribution >= 4 is 16.9 Å². The molecule has 1 aromatic heterocycles. The van der Waals surface area contributed by atoms with Crippen LogP contribution >= 0.6 is 0 Å². The van der Waals surface area contributed by atoms with Gasteiger partial charge in [0.25, 0.3) is 0 Å². The Labute approximate surface area is 92.9 Å². The number of hydrogen-bond donors (Lipinski definition) is 2. The zero-order chi connectivity index (χ0) is 11.9. The molecule has 2 N–H and O–H groups in total. The zero-order valence-electron chi connectivity index (χ0n) is 9.42. The Kier molecular flexibility index (Phi) is 2.34. The number of aromatic nitrogens is 1. The normalized spacial score (nSPS) is 10.7. The molecule has 0 radical (unpaired) electrons. The van der Waals surface area contributed by atoms with Crippen molar-refractivity contribution in [2.24, 2.45) is 0 Å². The van der Waals surface area contributed by atoms with E-state index in [1.807, 2.05) is 13.8 Å². The molecule has 1 heterocycles. The van der Waals surface area contributed by atoms with E-state index in [4.69, 9.17) is 9.84 Å². The molecular formula is C12H13NO3. The second kappa shape index (κ2) is 3.56. The average Bonchev–Trinajstić information content (AvgIpc) is 2.53. The average molecular weight is 219 g/mol. The number of carbonyl (C=O) groups is 1. The summed E-state index contributed by atoms with van der Waals surface area (Å²) in [5.41, 5.74) is 3.14. The highest BCUT2D eigenvalue weighted by Crippen LogP contribution is 2.33. The molecule has 0 fully saturated rings. The van der Waals surface area contributed by atoms with Crippen LogP contribution in [0.15, 0.2) is 12.1 Å². The number of rotatable bonds is 2. The first kappa shape index (κ1) is 10.5. The molecule has 0 saturated heterocycles. The third-order valence-electron chi connectivity index (χ3n) is 2.85. The molecule has 0 amide bonds. The Bertz CT molecular complexity index is 569. The summed E-state index contributed by atoms with van der Waals surface area (Å²) < 4.78 is 5.21. The number of carboxylic acids is 1. The topological polar surface area (TPSA) is 62.3 Å². The quantitative estimate of drug-likeness (QED) is 0.815. The highest BCUT2D eigenvalue weighted by Gasteiger charge is 2.17. The van der Waals surface area contributed by atoms with Crippen LogP contribution in [0.25, 0.3) is 10.9 Å². The number of aromatic carboxylic acids is 1. The van der Waals surface area contributed by atoms with Crippen LogP contribution in [0, 0.1) is 13.8 Å². The van der Waals surface area contributed by atoms with Gasteiger partial charge in [0.1, 0.15) is 11.3 Å². The fraction of sp³-hybridized carbons (Fsp3) is 0.250. The highest BCUT2D eigenvalue weighted by atomic mass is 16.5. The molecule has 16 heavy (non-hydrogen) atoms. The van der Waals surface area contributed by atoms with Crippen molar-refractivity contribution in [3.05, 3.63) is 29.0 Å². The summed E-state index contributed by atoms with van der Waals surface area (Å²) in [5, 5.41) is 9.91. The summed E-state index contributed by atoms with van der Waals surface area (Å²) >= 11 is 0. The lowest BCUT2D eigenvalue weighted by Crippen LogP contribution is -2.00. The first-order valence-electron chi connectivity index (χ1n) is 4.95. The highest BCUT2D eigenvalue weighted by molar-refractivity contribution is 6.01. The number of ether oxygens (including phenoxy) is 1. The van der Waals surface area contributed by atoms with E-state index < -0.39 is 5.97 Å². The molecule has 0 bridgehead atoms. The van der Waals surface area contributed by atoms with Crippen molar-refractivity contribution in [3.8, 4) is 5.75 Å². The summed E-state index contributed by atoms with van der Waals surface area (Å²) in [6, 6.07) is 3.32. The largest absolute Gasteiger partial charge is 0.495 e. The molecule has 0 aliphatic rings. The predicted molar refractivity (Wildman–Crippen MR) is 61.3 cm³/mol. The van der Waals surface area contributed by atoms with Gasteiger partial charge in [0.05, 0.1) is 7.11 Å². The monoisotopic (exact) mass is 219 g/mol. The van der Waals surface area contributed by atoms with Crippen molar-refractivity contribution in [3.63, 3.8) is 0 Å². The lowest BCUT2D eigenvalue weighted by molar-refractivity contribution is 0.0693. The maximum atomic E-state index is 11.1. The van der Waals surface area contributed by atoms with E-state index in [-0.39, 0.29) is 5.56 Å². The van der Waals surface area contributed by atoms with Crippen molar-refractivity contribution in [1.29, 1.82) is 0 Å². The summed E-state index contributed by atoms with van der Waals surface area (Å²) in [5.74, 6) is -0.552. The third-order valence-corrected chi connectivity index (χ3v) is 2.85. The van der Waals surface area contributed by atoms with Gasteiger partial charge >= 0.3 is 5.97 Å². The van der Waals surface area contributed by atoms with Crippen LogP contribution in [0.2, 0.25) is 0 Å². The van der Waals surface area contributed by atoms with Crippen LogP contribution in [-0.2, 0) is 0 Å². The van der Waals surface area contributed by atoms with Gasteiger partial charge in [-0.3, -0.25) is 0 Å². The number of aromatic amines is 1. The van der Waals surface area contributed by atoms with Gasteiger partial charge in [-0.25, -0.2) is 4.79 Å². The molecule has 2 rings (SSSR count).